The van der Waals surface area contributed by atoms with E-state index in [-0.39, 0.29) is 6.01 Å². The number of rotatable bonds is 7. The molecule has 1 N–H and O–H groups in total. The predicted molar refractivity (Wildman–Crippen MR) is 108 cm³/mol. The van der Waals surface area contributed by atoms with Gasteiger partial charge in [-0.3, -0.25) is 0 Å². The quantitative estimate of drug-likeness (QED) is 0.665. The van der Waals surface area contributed by atoms with Gasteiger partial charge in [0, 0.05) is 11.4 Å². The second-order valence-electron chi connectivity index (χ2n) is 6.83. The number of carboxylic acids is 1. The molecule has 5 nitrogen and oxygen atoms in total. The fourth-order valence-electron chi connectivity index (χ4n) is 3.75. The maximum atomic E-state index is 12.4. The Labute approximate surface area is 165 Å². The zero-order valence-corrected chi connectivity index (χ0v) is 16.3. The fraction of sp³-hybridized carbons (Fsp3) is 0.261. The van der Waals surface area contributed by atoms with Gasteiger partial charge < -0.3 is 9.84 Å². The van der Waals surface area contributed by atoms with Crippen molar-refractivity contribution in [2.75, 3.05) is 0 Å². The molecule has 1 atom stereocenters. The topological polar surface area (TPSA) is 72.3 Å². The summed E-state index contributed by atoms with van der Waals surface area (Å²) < 4.78 is 5.98. The molecule has 5 heteroatoms. The molecule has 3 rings (SSSR count). The Bertz CT molecular complexity index is 883. The molecule has 0 bridgehead atoms. The lowest BCUT2D eigenvalue weighted by molar-refractivity contribution is -0.148. The zero-order valence-electron chi connectivity index (χ0n) is 16.3. The zero-order chi connectivity index (χ0) is 20.1. The highest BCUT2D eigenvalue weighted by molar-refractivity contribution is 5.77. The number of hydrogen-bond donors (Lipinski definition) is 1. The first-order valence-corrected chi connectivity index (χ1v) is 9.30. The molecule has 0 aliphatic rings. The third-order valence-corrected chi connectivity index (χ3v) is 4.99. The average molecular weight is 376 g/mol. The number of aromatic nitrogens is 2. The third kappa shape index (κ3) is 3.74. The van der Waals surface area contributed by atoms with Crippen LogP contribution < -0.4 is 4.74 Å². The maximum Gasteiger partial charge on any atom is 0.346 e. The highest BCUT2D eigenvalue weighted by atomic mass is 16.5. The van der Waals surface area contributed by atoms with Crippen molar-refractivity contribution in [3.05, 3.63) is 89.2 Å². The smallest absolute Gasteiger partial charge is 0.346 e. The third-order valence-electron chi connectivity index (χ3n) is 4.99. The van der Waals surface area contributed by atoms with E-state index in [0.717, 1.165) is 22.5 Å². The Balaban J connectivity index is 2.19. The summed E-state index contributed by atoms with van der Waals surface area (Å²) in [5.74, 6) is -1.06. The van der Waals surface area contributed by atoms with Crippen molar-refractivity contribution in [1.82, 2.24) is 9.97 Å². The minimum atomic E-state index is -1.19. The van der Waals surface area contributed by atoms with Crippen LogP contribution in [0, 0.1) is 13.8 Å². The normalized spacial score (nSPS) is 12.4. The fourth-order valence-corrected chi connectivity index (χ4v) is 3.75. The number of nitrogens with zero attached hydrogens (tertiary/aromatic N) is 2. The van der Waals surface area contributed by atoms with Gasteiger partial charge in [-0.05, 0) is 37.5 Å². The molecule has 1 heterocycles. The largest absolute Gasteiger partial charge is 0.478 e. The number of ether oxygens (including phenoxy) is 1. The van der Waals surface area contributed by atoms with Crippen molar-refractivity contribution in [3.63, 3.8) is 0 Å². The molecule has 0 spiro atoms. The number of benzene rings is 2. The van der Waals surface area contributed by atoms with Gasteiger partial charge in [-0.2, -0.15) is 0 Å². The molecule has 0 amide bonds. The number of carbonyl (C=O) groups is 1. The number of aryl methyl sites for hydroxylation is 2. The predicted octanol–water partition coefficient (Wildman–Crippen LogP) is 4.32. The van der Waals surface area contributed by atoms with Crippen LogP contribution in [0.2, 0.25) is 0 Å². The molecule has 0 radical (unpaired) electrons. The molecule has 3 aromatic rings. The van der Waals surface area contributed by atoms with E-state index in [1.165, 1.54) is 0 Å². The summed E-state index contributed by atoms with van der Waals surface area (Å²) in [5.41, 5.74) is 2.32. The van der Waals surface area contributed by atoms with E-state index in [1.54, 1.807) is 0 Å². The van der Waals surface area contributed by atoms with Gasteiger partial charge in [-0.1, -0.05) is 67.6 Å². The van der Waals surface area contributed by atoms with Crippen LogP contribution in [-0.4, -0.2) is 27.1 Å². The van der Waals surface area contributed by atoms with E-state index in [0.29, 0.717) is 6.42 Å². The molecule has 144 valence electrons. The van der Waals surface area contributed by atoms with Crippen LogP contribution in [0.25, 0.3) is 0 Å². The lowest BCUT2D eigenvalue weighted by atomic mass is 9.68. The van der Waals surface area contributed by atoms with Crippen molar-refractivity contribution in [1.29, 1.82) is 0 Å². The Kier molecular flexibility index (Phi) is 5.73. The van der Waals surface area contributed by atoms with Crippen molar-refractivity contribution in [2.24, 2.45) is 0 Å². The summed E-state index contributed by atoms with van der Waals surface area (Å²) in [6.07, 6.45) is -0.661. The van der Waals surface area contributed by atoms with Crippen LogP contribution in [0.3, 0.4) is 0 Å². The molecule has 0 saturated carbocycles. The minimum Gasteiger partial charge on any atom is -0.478 e. The first-order valence-electron chi connectivity index (χ1n) is 9.30. The summed E-state index contributed by atoms with van der Waals surface area (Å²) >= 11 is 0. The second-order valence-corrected chi connectivity index (χ2v) is 6.83. The maximum absolute atomic E-state index is 12.4. The molecule has 0 aliphatic carbocycles. The van der Waals surface area contributed by atoms with Crippen molar-refractivity contribution >= 4 is 5.97 Å². The summed E-state index contributed by atoms with van der Waals surface area (Å²) in [6, 6.07) is 21.1. The van der Waals surface area contributed by atoms with Crippen molar-refractivity contribution in [2.45, 2.75) is 38.7 Å². The molecular weight excluding hydrogens is 352 g/mol. The summed E-state index contributed by atoms with van der Waals surface area (Å²) in [5, 5.41) is 10.2. The first-order chi connectivity index (χ1) is 13.5. The highest BCUT2D eigenvalue weighted by Gasteiger charge is 2.47. The molecule has 28 heavy (non-hydrogen) atoms. The SMILES string of the molecule is CCC(c1ccccc1)(c1ccccc1)C(Oc1nc(C)cc(C)n1)C(=O)O. The van der Waals surface area contributed by atoms with Gasteiger partial charge in [-0.25, -0.2) is 14.8 Å². The lowest BCUT2D eigenvalue weighted by Gasteiger charge is -2.38. The van der Waals surface area contributed by atoms with E-state index in [1.807, 2.05) is 87.5 Å². The van der Waals surface area contributed by atoms with Crippen molar-refractivity contribution < 1.29 is 14.6 Å². The Morgan fingerprint density at radius 1 is 0.964 bits per heavy atom. The van der Waals surface area contributed by atoms with Gasteiger partial charge >= 0.3 is 12.0 Å². The Hall–Kier alpha value is -3.21. The molecule has 2 aromatic carbocycles. The summed E-state index contributed by atoms with van der Waals surface area (Å²) in [4.78, 5) is 21.0. The van der Waals surface area contributed by atoms with E-state index in [4.69, 9.17) is 4.74 Å². The average Bonchev–Trinajstić information content (AvgIpc) is 2.69. The van der Waals surface area contributed by atoms with Gasteiger partial charge in [-0.15, -0.1) is 0 Å². The Morgan fingerprint density at radius 2 is 1.43 bits per heavy atom. The van der Waals surface area contributed by atoms with Crippen molar-refractivity contribution in [3.8, 4) is 6.01 Å². The van der Waals surface area contributed by atoms with Gasteiger partial charge in [0.1, 0.15) is 0 Å². The van der Waals surface area contributed by atoms with Crippen LogP contribution in [0.4, 0.5) is 0 Å². The van der Waals surface area contributed by atoms with Gasteiger partial charge in [0.25, 0.3) is 0 Å². The monoisotopic (exact) mass is 376 g/mol. The standard InChI is InChI=1S/C23H24N2O3/c1-4-23(18-11-7-5-8-12-18,19-13-9-6-10-14-19)20(21(26)27)28-22-24-16(2)15-17(3)25-22/h5-15,20H,4H2,1-3H3,(H,26,27). The molecule has 1 unspecified atom stereocenters. The van der Waals surface area contributed by atoms with Gasteiger partial charge in [0.05, 0.1) is 5.41 Å². The summed E-state index contributed by atoms with van der Waals surface area (Å²) in [6.45, 7) is 5.64. The second kappa shape index (κ2) is 8.21. The van der Waals surface area contributed by atoms with Crippen LogP contribution in [0.1, 0.15) is 35.9 Å². The van der Waals surface area contributed by atoms with Crippen LogP contribution in [-0.2, 0) is 10.2 Å². The van der Waals surface area contributed by atoms with E-state index in [2.05, 4.69) is 9.97 Å². The highest BCUT2D eigenvalue weighted by Crippen LogP contribution is 2.40. The molecule has 0 aliphatic heterocycles. The molecule has 0 fully saturated rings. The van der Waals surface area contributed by atoms with Gasteiger partial charge in [0.15, 0.2) is 0 Å². The van der Waals surface area contributed by atoms with Crippen LogP contribution in [0.5, 0.6) is 6.01 Å². The minimum absolute atomic E-state index is 0.0783. The van der Waals surface area contributed by atoms with E-state index in [9.17, 15) is 9.90 Å². The molecule has 0 saturated heterocycles. The van der Waals surface area contributed by atoms with Crippen LogP contribution in [0.15, 0.2) is 66.7 Å². The van der Waals surface area contributed by atoms with Crippen LogP contribution >= 0.6 is 0 Å². The summed E-state index contributed by atoms with van der Waals surface area (Å²) in [7, 11) is 0. The number of aliphatic carboxylic acids is 1. The van der Waals surface area contributed by atoms with Gasteiger partial charge in [0.2, 0.25) is 6.10 Å². The Morgan fingerprint density at radius 3 is 1.82 bits per heavy atom. The number of carboxylic acid groups (broad SMARTS) is 1. The molecular formula is C23H24N2O3. The first kappa shape index (κ1) is 19.5. The lowest BCUT2D eigenvalue weighted by Crippen LogP contribution is -2.49. The van der Waals surface area contributed by atoms with E-state index < -0.39 is 17.5 Å². The molecule has 1 aromatic heterocycles. The number of hydrogen-bond acceptors (Lipinski definition) is 4. The van der Waals surface area contributed by atoms with E-state index >= 15 is 0 Å².